The summed E-state index contributed by atoms with van der Waals surface area (Å²) in [7, 11) is 1.72. The van der Waals surface area contributed by atoms with Crippen LogP contribution in [0, 0.1) is 11.2 Å². The Morgan fingerprint density at radius 1 is 1.22 bits per heavy atom. The van der Waals surface area contributed by atoms with Crippen LogP contribution in [0.15, 0.2) is 40.8 Å². The molecule has 0 bridgehead atoms. The number of amides is 1. The number of benzene rings is 1. The van der Waals surface area contributed by atoms with E-state index in [1.165, 1.54) is 12.1 Å². The SMILES string of the molecule is CN(CC(C)(C)CN)C(=O)c1ccc(-c2ccc(F)cc2)o1.Cl. The third-order valence-electron chi connectivity index (χ3n) is 3.51. The Morgan fingerprint density at radius 3 is 2.39 bits per heavy atom. The minimum atomic E-state index is -0.310. The minimum Gasteiger partial charge on any atom is -0.451 e. The Bertz CT molecular complexity index is 653. The van der Waals surface area contributed by atoms with Crippen LogP contribution in [0.2, 0.25) is 0 Å². The van der Waals surface area contributed by atoms with Gasteiger partial charge < -0.3 is 15.1 Å². The molecule has 0 radical (unpaired) electrons. The molecule has 0 saturated carbocycles. The summed E-state index contributed by atoms with van der Waals surface area (Å²) in [6.45, 7) is 5.03. The second-order valence-corrected chi connectivity index (χ2v) is 6.20. The first-order valence-electron chi connectivity index (χ1n) is 7.14. The summed E-state index contributed by atoms with van der Waals surface area (Å²) in [4.78, 5) is 14.0. The standard InChI is InChI=1S/C17H21FN2O2.ClH/c1-17(2,10-19)11-20(3)16(21)15-9-8-14(22-15)12-4-6-13(18)7-5-12;/h4-9H,10-11,19H2,1-3H3;1H. The molecule has 2 N–H and O–H groups in total. The van der Waals surface area contributed by atoms with Gasteiger partial charge in [-0.3, -0.25) is 4.79 Å². The molecular formula is C17H22ClFN2O2. The number of nitrogens with two attached hydrogens (primary N) is 1. The molecule has 0 saturated heterocycles. The Morgan fingerprint density at radius 2 is 1.83 bits per heavy atom. The maximum Gasteiger partial charge on any atom is 0.289 e. The molecule has 6 heteroatoms. The monoisotopic (exact) mass is 340 g/mol. The molecule has 0 aliphatic rings. The molecule has 1 amide bonds. The van der Waals surface area contributed by atoms with Crippen LogP contribution in [0.5, 0.6) is 0 Å². The molecule has 2 aromatic rings. The smallest absolute Gasteiger partial charge is 0.289 e. The van der Waals surface area contributed by atoms with Crippen LogP contribution in [0.3, 0.4) is 0 Å². The Hall–Kier alpha value is -1.85. The van der Waals surface area contributed by atoms with Crippen LogP contribution < -0.4 is 5.73 Å². The van der Waals surface area contributed by atoms with E-state index in [1.807, 2.05) is 13.8 Å². The summed E-state index contributed by atoms with van der Waals surface area (Å²) >= 11 is 0. The van der Waals surface area contributed by atoms with E-state index in [-0.39, 0.29) is 35.3 Å². The lowest BCUT2D eigenvalue weighted by atomic mass is 9.93. The first-order valence-corrected chi connectivity index (χ1v) is 7.14. The van der Waals surface area contributed by atoms with E-state index in [0.717, 1.165) is 5.56 Å². The van der Waals surface area contributed by atoms with Gasteiger partial charge in [0.25, 0.3) is 5.91 Å². The highest BCUT2D eigenvalue weighted by Crippen LogP contribution is 2.23. The van der Waals surface area contributed by atoms with Crippen molar-refractivity contribution in [1.82, 2.24) is 4.90 Å². The number of carbonyl (C=O) groups is 1. The lowest BCUT2D eigenvalue weighted by Crippen LogP contribution is -2.39. The van der Waals surface area contributed by atoms with Crippen molar-refractivity contribution in [2.75, 3.05) is 20.1 Å². The molecule has 0 aliphatic carbocycles. The average Bonchev–Trinajstić information content (AvgIpc) is 2.96. The molecule has 0 aliphatic heterocycles. The average molecular weight is 341 g/mol. The molecule has 1 aromatic carbocycles. The number of halogens is 2. The van der Waals surface area contributed by atoms with Crippen molar-refractivity contribution in [2.45, 2.75) is 13.8 Å². The van der Waals surface area contributed by atoms with Gasteiger partial charge >= 0.3 is 0 Å². The van der Waals surface area contributed by atoms with Crippen molar-refractivity contribution >= 4 is 18.3 Å². The van der Waals surface area contributed by atoms with Crippen LogP contribution in [0.25, 0.3) is 11.3 Å². The van der Waals surface area contributed by atoms with Gasteiger partial charge in [0, 0.05) is 19.2 Å². The van der Waals surface area contributed by atoms with Gasteiger partial charge in [0.15, 0.2) is 5.76 Å². The third kappa shape index (κ3) is 4.81. The summed E-state index contributed by atoms with van der Waals surface area (Å²) < 4.78 is 18.5. The second kappa shape index (κ2) is 7.62. The Kier molecular flexibility index (Phi) is 6.36. The van der Waals surface area contributed by atoms with Crippen molar-refractivity contribution < 1.29 is 13.6 Å². The number of hydrogen-bond donors (Lipinski definition) is 1. The fourth-order valence-corrected chi connectivity index (χ4v) is 2.19. The molecule has 1 aromatic heterocycles. The zero-order valence-electron chi connectivity index (χ0n) is 13.5. The first-order chi connectivity index (χ1) is 10.3. The maximum atomic E-state index is 12.9. The molecule has 4 nitrogen and oxygen atoms in total. The number of furan rings is 1. The third-order valence-corrected chi connectivity index (χ3v) is 3.51. The highest BCUT2D eigenvalue weighted by molar-refractivity contribution is 5.92. The number of nitrogens with zero attached hydrogens (tertiary/aromatic N) is 1. The van der Waals surface area contributed by atoms with Crippen molar-refractivity contribution in [2.24, 2.45) is 11.1 Å². The minimum absolute atomic E-state index is 0. The number of carbonyl (C=O) groups excluding carboxylic acids is 1. The van der Waals surface area contributed by atoms with Crippen molar-refractivity contribution in [3.8, 4) is 11.3 Å². The lowest BCUT2D eigenvalue weighted by Gasteiger charge is -2.28. The topological polar surface area (TPSA) is 59.5 Å². The molecule has 0 fully saturated rings. The van der Waals surface area contributed by atoms with Gasteiger partial charge in [0.1, 0.15) is 11.6 Å². The van der Waals surface area contributed by atoms with Gasteiger partial charge in [0.05, 0.1) is 0 Å². The van der Waals surface area contributed by atoms with Gasteiger partial charge in [-0.1, -0.05) is 13.8 Å². The molecule has 1 heterocycles. The molecule has 0 atom stereocenters. The zero-order chi connectivity index (χ0) is 16.3. The number of hydrogen-bond acceptors (Lipinski definition) is 3. The molecule has 0 unspecified atom stereocenters. The summed E-state index contributed by atoms with van der Waals surface area (Å²) in [6.07, 6.45) is 0. The Labute approximate surface area is 141 Å². The molecule has 0 spiro atoms. The van der Waals surface area contributed by atoms with Crippen LogP contribution in [-0.2, 0) is 0 Å². The van der Waals surface area contributed by atoms with Crippen LogP contribution in [0.4, 0.5) is 4.39 Å². The van der Waals surface area contributed by atoms with Crippen LogP contribution in [0.1, 0.15) is 24.4 Å². The summed E-state index contributed by atoms with van der Waals surface area (Å²) in [5, 5.41) is 0. The summed E-state index contributed by atoms with van der Waals surface area (Å²) in [6, 6.07) is 9.28. The summed E-state index contributed by atoms with van der Waals surface area (Å²) in [5.74, 6) is 0.287. The van der Waals surface area contributed by atoms with E-state index in [1.54, 1.807) is 36.2 Å². The van der Waals surface area contributed by atoms with Gasteiger partial charge in [-0.2, -0.15) is 0 Å². The largest absolute Gasteiger partial charge is 0.451 e. The molecule has 23 heavy (non-hydrogen) atoms. The van der Waals surface area contributed by atoms with E-state index >= 15 is 0 Å². The highest BCUT2D eigenvalue weighted by atomic mass is 35.5. The normalized spacial score (nSPS) is 11.0. The van der Waals surface area contributed by atoms with Crippen LogP contribution >= 0.6 is 12.4 Å². The second-order valence-electron chi connectivity index (χ2n) is 6.20. The molecule has 126 valence electrons. The fourth-order valence-electron chi connectivity index (χ4n) is 2.19. The van der Waals surface area contributed by atoms with Crippen LogP contribution in [-0.4, -0.2) is 30.9 Å². The fraction of sp³-hybridized carbons (Fsp3) is 0.353. The van der Waals surface area contributed by atoms with Gasteiger partial charge in [0.2, 0.25) is 0 Å². The lowest BCUT2D eigenvalue weighted by molar-refractivity contribution is 0.0710. The van der Waals surface area contributed by atoms with E-state index in [4.69, 9.17) is 10.2 Å². The Balaban J connectivity index is 0.00000264. The van der Waals surface area contributed by atoms with Crippen molar-refractivity contribution in [3.63, 3.8) is 0 Å². The predicted octanol–water partition coefficient (Wildman–Crippen LogP) is 3.56. The van der Waals surface area contributed by atoms with E-state index in [2.05, 4.69) is 0 Å². The highest BCUT2D eigenvalue weighted by Gasteiger charge is 2.23. The van der Waals surface area contributed by atoms with Crippen molar-refractivity contribution in [1.29, 1.82) is 0 Å². The number of rotatable bonds is 5. The predicted molar refractivity (Wildman–Crippen MR) is 91.1 cm³/mol. The van der Waals surface area contributed by atoms with E-state index in [0.29, 0.717) is 18.8 Å². The van der Waals surface area contributed by atoms with E-state index < -0.39 is 0 Å². The van der Waals surface area contributed by atoms with Gasteiger partial charge in [-0.25, -0.2) is 4.39 Å². The van der Waals surface area contributed by atoms with Gasteiger partial charge in [-0.15, -0.1) is 12.4 Å². The molecule has 2 rings (SSSR count). The zero-order valence-corrected chi connectivity index (χ0v) is 14.3. The van der Waals surface area contributed by atoms with Gasteiger partial charge in [-0.05, 0) is 48.4 Å². The van der Waals surface area contributed by atoms with Crippen molar-refractivity contribution in [3.05, 3.63) is 48.0 Å². The quantitative estimate of drug-likeness (QED) is 0.905. The summed E-state index contributed by atoms with van der Waals surface area (Å²) in [5.41, 5.74) is 6.26. The van der Waals surface area contributed by atoms with E-state index in [9.17, 15) is 9.18 Å². The first kappa shape index (κ1) is 19.2. The maximum absolute atomic E-state index is 12.9. The molecular weight excluding hydrogens is 319 g/mol.